The minimum Gasteiger partial charge on any atom is -0.483 e. The number of rotatable bonds is 6. The van der Waals surface area contributed by atoms with Gasteiger partial charge in [0.15, 0.2) is 18.1 Å². The molecule has 1 atom stereocenters. The van der Waals surface area contributed by atoms with E-state index >= 15 is 0 Å². The first-order valence-electron chi connectivity index (χ1n) is 8.08. The number of carbonyl (C=O) groups excluding carboxylic acids is 1. The fourth-order valence-electron chi connectivity index (χ4n) is 2.55. The molecular weight excluding hydrogens is 306 g/mol. The zero-order valence-electron chi connectivity index (χ0n) is 13.9. The number of para-hydroxylation sites is 1. The predicted octanol–water partition coefficient (Wildman–Crippen LogP) is 3.95. The Bertz CT molecular complexity index is 729. The van der Waals surface area contributed by atoms with Crippen LogP contribution in [0.2, 0.25) is 0 Å². The number of hydrogen-bond donors (Lipinski definition) is 1. The van der Waals surface area contributed by atoms with Gasteiger partial charge in [-0.15, -0.1) is 0 Å². The van der Waals surface area contributed by atoms with Crippen molar-refractivity contribution in [2.24, 2.45) is 0 Å². The van der Waals surface area contributed by atoms with E-state index in [4.69, 9.17) is 14.2 Å². The second kappa shape index (κ2) is 7.25. The summed E-state index contributed by atoms with van der Waals surface area (Å²) in [5.41, 5.74) is 1.78. The maximum Gasteiger partial charge on any atom is 0.262 e. The molecule has 1 unspecified atom stereocenters. The number of nitrogens with one attached hydrogen (secondary N) is 1. The van der Waals surface area contributed by atoms with Crippen LogP contribution in [-0.4, -0.2) is 19.3 Å². The van der Waals surface area contributed by atoms with Gasteiger partial charge in [0.1, 0.15) is 5.75 Å². The number of amides is 1. The molecule has 0 saturated heterocycles. The van der Waals surface area contributed by atoms with E-state index in [1.54, 1.807) is 18.2 Å². The van der Waals surface area contributed by atoms with Crippen molar-refractivity contribution in [1.29, 1.82) is 0 Å². The highest BCUT2D eigenvalue weighted by Crippen LogP contribution is 2.34. The van der Waals surface area contributed by atoms with Crippen molar-refractivity contribution in [2.45, 2.75) is 26.2 Å². The average molecular weight is 327 g/mol. The smallest absolute Gasteiger partial charge is 0.262 e. The van der Waals surface area contributed by atoms with Crippen LogP contribution in [0, 0.1) is 0 Å². The zero-order valence-corrected chi connectivity index (χ0v) is 13.9. The first kappa shape index (κ1) is 16.2. The van der Waals surface area contributed by atoms with Crippen LogP contribution in [0.25, 0.3) is 0 Å². The fourth-order valence-corrected chi connectivity index (χ4v) is 2.55. The van der Waals surface area contributed by atoms with E-state index in [1.807, 2.05) is 24.3 Å². The minimum absolute atomic E-state index is 0.0398. The molecule has 5 heteroatoms. The summed E-state index contributed by atoms with van der Waals surface area (Å²) in [5.74, 6) is 2.25. The molecule has 24 heavy (non-hydrogen) atoms. The fraction of sp³-hybridized carbons (Fsp3) is 0.316. The average Bonchev–Trinajstić information content (AvgIpc) is 3.07. The highest BCUT2D eigenvalue weighted by atomic mass is 16.7. The van der Waals surface area contributed by atoms with Gasteiger partial charge >= 0.3 is 0 Å². The maximum absolute atomic E-state index is 12.1. The van der Waals surface area contributed by atoms with Crippen LogP contribution < -0.4 is 19.5 Å². The van der Waals surface area contributed by atoms with Crippen LogP contribution in [0.1, 0.15) is 31.7 Å². The third-order valence-electron chi connectivity index (χ3n) is 4.08. The molecule has 1 aliphatic heterocycles. The Morgan fingerprint density at radius 3 is 2.83 bits per heavy atom. The number of hydrogen-bond acceptors (Lipinski definition) is 4. The topological polar surface area (TPSA) is 56.8 Å². The third-order valence-corrected chi connectivity index (χ3v) is 4.08. The largest absolute Gasteiger partial charge is 0.483 e. The SMILES string of the molecule is CCC(C)c1ccccc1OCC(=O)Nc1ccc2c(c1)OCO2. The van der Waals surface area contributed by atoms with Crippen LogP contribution >= 0.6 is 0 Å². The van der Waals surface area contributed by atoms with Crippen LogP contribution in [0.3, 0.4) is 0 Å². The molecule has 1 amide bonds. The van der Waals surface area contributed by atoms with E-state index in [0.717, 1.165) is 17.7 Å². The first-order valence-corrected chi connectivity index (χ1v) is 8.08. The van der Waals surface area contributed by atoms with Gasteiger partial charge in [-0.05, 0) is 36.1 Å². The van der Waals surface area contributed by atoms with E-state index in [-0.39, 0.29) is 19.3 Å². The Balaban J connectivity index is 1.60. The molecular formula is C19H21NO4. The number of anilines is 1. The minimum atomic E-state index is -0.215. The van der Waals surface area contributed by atoms with Gasteiger partial charge < -0.3 is 19.5 Å². The summed E-state index contributed by atoms with van der Waals surface area (Å²) < 4.78 is 16.3. The van der Waals surface area contributed by atoms with E-state index in [9.17, 15) is 4.79 Å². The number of fused-ring (bicyclic) bond motifs is 1. The molecule has 3 rings (SSSR count). The Morgan fingerprint density at radius 2 is 2.00 bits per heavy atom. The molecule has 2 aromatic rings. The van der Waals surface area contributed by atoms with Crippen molar-refractivity contribution in [1.82, 2.24) is 0 Å². The molecule has 0 bridgehead atoms. The lowest BCUT2D eigenvalue weighted by atomic mass is 9.98. The summed E-state index contributed by atoms with van der Waals surface area (Å²) in [7, 11) is 0. The Morgan fingerprint density at radius 1 is 1.21 bits per heavy atom. The normalized spacial score (nSPS) is 13.4. The van der Waals surface area contributed by atoms with Gasteiger partial charge in [0.05, 0.1) is 0 Å². The van der Waals surface area contributed by atoms with Gasteiger partial charge in [-0.1, -0.05) is 32.0 Å². The molecule has 2 aromatic carbocycles. The lowest BCUT2D eigenvalue weighted by Gasteiger charge is -2.15. The molecule has 1 heterocycles. The van der Waals surface area contributed by atoms with Gasteiger partial charge in [0.25, 0.3) is 5.91 Å². The highest BCUT2D eigenvalue weighted by Gasteiger charge is 2.15. The second-order valence-electron chi connectivity index (χ2n) is 5.75. The van der Waals surface area contributed by atoms with Gasteiger partial charge in [0, 0.05) is 11.8 Å². The molecule has 0 radical (unpaired) electrons. The summed E-state index contributed by atoms with van der Waals surface area (Å²) >= 11 is 0. The number of ether oxygens (including phenoxy) is 3. The van der Waals surface area contributed by atoms with Crippen LogP contribution in [0.4, 0.5) is 5.69 Å². The summed E-state index contributed by atoms with van der Waals surface area (Å²) in [5, 5.41) is 2.81. The number of carbonyl (C=O) groups is 1. The Kier molecular flexibility index (Phi) is 4.89. The summed E-state index contributed by atoms with van der Waals surface area (Å²) in [6, 6.07) is 13.1. The van der Waals surface area contributed by atoms with Crippen molar-refractivity contribution >= 4 is 11.6 Å². The van der Waals surface area contributed by atoms with Gasteiger partial charge in [-0.25, -0.2) is 0 Å². The maximum atomic E-state index is 12.1. The van der Waals surface area contributed by atoms with Crippen LogP contribution in [0.5, 0.6) is 17.2 Å². The monoisotopic (exact) mass is 327 g/mol. The van der Waals surface area contributed by atoms with Crippen molar-refractivity contribution in [3.8, 4) is 17.2 Å². The van der Waals surface area contributed by atoms with Gasteiger partial charge in [-0.2, -0.15) is 0 Å². The molecule has 0 spiro atoms. The lowest BCUT2D eigenvalue weighted by molar-refractivity contribution is -0.118. The number of benzene rings is 2. The van der Waals surface area contributed by atoms with E-state index < -0.39 is 0 Å². The standard InChI is InChI=1S/C19H21NO4/c1-3-13(2)15-6-4-5-7-16(15)22-11-19(21)20-14-8-9-17-18(10-14)24-12-23-17/h4-10,13H,3,11-12H2,1-2H3,(H,20,21). The van der Waals surface area contributed by atoms with E-state index in [2.05, 4.69) is 19.2 Å². The predicted molar refractivity (Wildman–Crippen MR) is 91.8 cm³/mol. The Labute approximate surface area is 141 Å². The van der Waals surface area contributed by atoms with E-state index in [1.165, 1.54) is 0 Å². The van der Waals surface area contributed by atoms with Crippen molar-refractivity contribution < 1.29 is 19.0 Å². The van der Waals surface area contributed by atoms with Gasteiger partial charge in [0.2, 0.25) is 6.79 Å². The third kappa shape index (κ3) is 3.62. The van der Waals surface area contributed by atoms with Crippen LogP contribution in [0.15, 0.2) is 42.5 Å². The van der Waals surface area contributed by atoms with Crippen LogP contribution in [-0.2, 0) is 4.79 Å². The van der Waals surface area contributed by atoms with Crippen molar-refractivity contribution in [3.63, 3.8) is 0 Å². The van der Waals surface area contributed by atoms with E-state index in [0.29, 0.717) is 23.1 Å². The summed E-state index contributed by atoms with van der Waals surface area (Å²) in [6.07, 6.45) is 1.02. The summed E-state index contributed by atoms with van der Waals surface area (Å²) in [4.78, 5) is 12.1. The second-order valence-corrected chi connectivity index (χ2v) is 5.75. The lowest BCUT2D eigenvalue weighted by Crippen LogP contribution is -2.20. The first-order chi connectivity index (χ1) is 11.7. The molecule has 1 aliphatic rings. The Hall–Kier alpha value is -2.69. The molecule has 126 valence electrons. The molecule has 0 saturated carbocycles. The van der Waals surface area contributed by atoms with Crippen molar-refractivity contribution in [3.05, 3.63) is 48.0 Å². The van der Waals surface area contributed by atoms with Crippen molar-refractivity contribution in [2.75, 3.05) is 18.7 Å². The molecule has 1 N–H and O–H groups in total. The zero-order chi connectivity index (χ0) is 16.9. The molecule has 0 aliphatic carbocycles. The summed E-state index contributed by atoms with van der Waals surface area (Å²) in [6.45, 7) is 4.45. The molecule has 0 aromatic heterocycles. The quantitative estimate of drug-likeness (QED) is 0.873. The molecule has 5 nitrogen and oxygen atoms in total. The van der Waals surface area contributed by atoms with Gasteiger partial charge in [-0.3, -0.25) is 4.79 Å². The highest BCUT2D eigenvalue weighted by molar-refractivity contribution is 5.92. The molecule has 0 fully saturated rings.